The highest BCUT2D eigenvalue weighted by Crippen LogP contribution is 2.42. The first-order valence-corrected chi connectivity index (χ1v) is 14.2. The lowest BCUT2D eigenvalue weighted by atomic mass is 10.1. The van der Waals surface area contributed by atoms with Crippen molar-refractivity contribution in [2.24, 2.45) is 4.99 Å². The molecule has 176 valence electrons. The van der Waals surface area contributed by atoms with Gasteiger partial charge in [-0.1, -0.05) is 41.6 Å². The molecule has 2 heterocycles. The van der Waals surface area contributed by atoms with Crippen LogP contribution in [0.2, 0.25) is 5.02 Å². The maximum atomic E-state index is 12.8. The molecule has 0 bridgehead atoms. The first kappa shape index (κ1) is 24.1. The summed E-state index contributed by atoms with van der Waals surface area (Å²) >= 11 is 7.61. The van der Waals surface area contributed by atoms with Gasteiger partial charge in [0, 0.05) is 34.7 Å². The SMILES string of the molecule is CCN(CC)c1ccc(N2C(=NC(=O)Cc3ccccc3Cl)SC3CS(=O)(=O)CC32)c(C)c1. The molecular formula is C24H28ClN3O3S2. The lowest BCUT2D eigenvalue weighted by molar-refractivity contribution is -0.117. The molecule has 0 aromatic heterocycles. The largest absolute Gasteiger partial charge is 0.372 e. The summed E-state index contributed by atoms with van der Waals surface area (Å²) < 4.78 is 24.7. The van der Waals surface area contributed by atoms with Gasteiger partial charge in [0.25, 0.3) is 5.91 Å². The number of aliphatic imine (C=N–C) groups is 1. The van der Waals surface area contributed by atoms with E-state index in [1.54, 1.807) is 6.07 Å². The van der Waals surface area contributed by atoms with Crippen molar-refractivity contribution in [3.63, 3.8) is 0 Å². The Hall–Kier alpha value is -2.03. The van der Waals surface area contributed by atoms with Crippen LogP contribution in [0.4, 0.5) is 11.4 Å². The number of hydrogen-bond donors (Lipinski definition) is 0. The second-order valence-corrected chi connectivity index (χ2v) is 12.1. The average Bonchev–Trinajstić information content (AvgIpc) is 3.22. The number of rotatable bonds is 6. The van der Waals surface area contributed by atoms with Gasteiger partial charge < -0.3 is 9.80 Å². The van der Waals surface area contributed by atoms with Crippen LogP contribution in [0.5, 0.6) is 0 Å². The Labute approximate surface area is 204 Å². The molecule has 0 spiro atoms. The Bertz CT molecular complexity index is 1200. The summed E-state index contributed by atoms with van der Waals surface area (Å²) in [5.41, 5.74) is 3.77. The summed E-state index contributed by atoms with van der Waals surface area (Å²) in [6.45, 7) is 8.06. The molecule has 0 radical (unpaired) electrons. The summed E-state index contributed by atoms with van der Waals surface area (Å²) in [5, 5.41) is 0.965. The molecule has 0 aliphatic carbocycles. The minimum atomic E-state index is -3.12. The number of hydrogen-bond acceptors (Lipinski definition) is 5. The zero-order chi connectivity index (χ0) is 23.8. The zero-order valence-corrected chi connectivity index (χ0v) is 21.4. The monoisotopic (exact) mass is 505 g/mol. The van der Waals surface area contributed by atoms with Gasteiger partial charge in [-0.3, -0.25) is 4.79 Å². The number of carbonyl (C=O) groups excluding carboxylic acids is 1. The molecule has 2 aromatic rings. The Morgan fingerprint density at radius 1 is 1.18 bits per heavy atom. The van der Waals surface area contributed by atoms with E-state index in [1.807, 2.05) is 36.1 Å². The average molecular weight is 506 g/mol. The van der Waals surface area contributed by atoms with Crippen LogP contribution < -0.4 is 9.80 Å². The first-order chi connectivity index (χ1) is 15.7. The van der Waals surface area contributed by atoms with Gasteiger partial charge in [-0.05, 0) is 56.2 Å². The van der Waals surface area contributed by atoms with Crippen LogP contribution in [0.15, 0.2) is 47.5 Å². The number of fused-ring (bicyclic) bond motifs is 1. The quantitative estimate of drug-likeness (QED) is 0.581. The highest BCUT2D eigenvalue weighted by molar-refractivity contribution is 8.16. The summed E-state index contributed by atoms with van der Waals surface area (Å²) in [6.07, 6.45) is 0.102. The normalized spacial score (nSPS) is 22.5. The predicted molar refractivity (Wildman–Crippen MR) is 139 cm³/mol. The highest BCUT2D eigenvalue weighted by atomic mass is 35.5. The van der Waals surface area contributed by atoms with Gasteiger partial charge in [-0.25, -0.2) is 8.42 Å². The summed E-state index contributed by atoms with van der Waals surface area (Å²) in [7, 11) is -3.12. The van der Waals surface area contributed by atoms with Crippen LogP contribution in [0, 0.1) is 6.92 Å². The van der Waals surface area contributed by atoms with E-state index in [0.717, 1.165) is 35.6 Å². The topological polar surface area (TPSA) is 70.0 Å². The number of sulfone groups is 1. The molecule has 4 rings (SSSR count). The minimum absolute atomic E-state index is 0.0691. The molecule has 2 aliphatic rings. The number of amides is 1. The Morgan fingerprint density at radius 3 is 2.58 bits per heavy atom. The van der Waals surface area contributed by atoms with E-state index >= 15 is 0 Å². The Kier molecular flexibility index (Phi) is 7.07. The van der Waals surface area contributed by atoms with E-state index in [9.17, 15) is 13.2 Å². The number of benzene rings is 2. The van der Waals surface area contributed by atoms with Crippen LogP contribution in [-0.2, 0) is 21.1 Å². The molecule has 1 amide bonds. The Morgan fingerprint density at radius 2 is 1.91 bits per heavy atom. The number of nitrogens with zero attached hydrogens (tertiary/aromatic N) is 3. The molecule has 2 atom stereocenters. The third-order valence-corrected chi connectivity index (χ3v) is 9.73. The van der Waals surface area contributed by atoms with Crippen LogP contribution in [-0.4, -0.2) is 55.4 Å². The zero-order valence-electron chi connectivity index (χ0n) is 19.0. The fraction of sp³-hybridized carbons (Fsp3) is 0.417. The molecule has 2 unspecified atom stereocenters. The van der Waals surface area contributed by atoms with Gasteiger partial charge in [-0.2, -0.15) is 4.99 Å². The van der Waals surface area contributed by atoms with E-state index in [2.05, 4.69) is 35.9 Å². The third-order valence-electron chi connectivity index (χ3n) is 6.15. The second kappa shape index (κ2) is 9.68. The van der Waals surface area contributed by atoms with Gasteiger partial charge >= 0.3 is 0 Å². The molecule has 33 heavy (non-hydrogen) atoms. The summed E-state index contributed by atoms with van der Waals surface area (Å²) in [4.78, 5) is 21.5. The van der Waals surface area contributed by atoms with Gasteiger partial charge in [0.05, 0.1) is 24.0 Å². The van der Waals surface area contributed by atoms with E-state index < -0.39 is 9.84 Å². The second-order valence-electron chi connectivity index (χ2n) is 8.37. The molecule has 9 heteroatoms. The maximum absolute atomic E-state index is 12.8. The maximum Gasteiger partial charge on any atom is 0.252 e. The molecule has 2 fully saturated rings. The number of amidine groups is 1. The van der Waals surface area contributed by atoms with Gasteiger partial charge in [0.15, 0.2) is 15.0 Å². The van der Waals surface area contributed by atoms with E-state index in [1.165, 1.54) is 11.8 Å². The number of aryl methyl sites for hydroxylation is 1. The van der Waals surface area contributed by atoms with E-state index in [-0.39, 0.29) is 35.1 Å². The lowest BCUT2D eigenvalue weighted by Crippen LogP contribution is -2.38. The fourth-order valence-electron chi connectivity index (χ4n) is 4.49. The molecule has 2 aromatic carbocycles. The fourth-order valence-corrected chi connectivity index (χ4v) is 8.62. The first-order valence-electron chi connectivity index (χ1n) is 11.1. The molecule has 6 nitrogen and oxygen atoms in total. The molecule has 2 aliphatic heterocycles. The van der Waals surface area contributed by atoms with Crippen molar-refractivity contribution in [2.75, 3.05) is 34.4 Å². The van der Waals surface area contributed by atoms with Crippen molar-refractivity contribution >= 4 is 55.6 Å². The van der Waals surface area contributed by atoms with Gasteiger partial charge in [0.1, 0.15) is 0 Å². The minimum Gasteiger partial charge on any atom is -0.372 e. The van der Waals surface area contributed by atoms with Crippen molar-refractivity contribution < 1.29 is 13.2 Å². The van der Waals surface area contributed by atoms with Crippen molar-refractivity contribution in [3.05, 3.63) is 58.6 Å². The van der Waals surface area contributed by atoms with E-state index in [0.29, 0.717) is 10.2 Å². The molecular weight excluding hydrogens is 478 g/mol. The number of thioether (sulfide) groups is 1. The third kappa shape index (κ3) is 5.08. The number of anilines is 2. The van der Waals surface area contributed by atoms with Gasteiger partial charge in [0.2, 0.25) is 0 Å². The predicted octanol–water partition coefficient (Wildman–Crippen LogP) is 4.34. The smallest absolute Gasteiger partial charge is 0.252 e. The van der Waals surface area contributed by atoms with Crippen molar-refractivity contribution in [3.8, 4) is 0 Å². The number of halogens is 1. The summed E-state index contributed by atoms with van der Waals surface area (Å²) in [5.74, 6) is -0.122. The molecule has 2 saturated heterocycles. The van der Waals surface area contributed by atoms with Crippen LogP contribution in [0.3, 0.4) is 0 Å². The van der Waals surface area contributed by atoms with Gasteiger partial charge in [-0.15, -0.1) is 0 Å². The van der Waals surface area contributed by atoms with Crippen molar-refractivity contribution in [2.45, 2.75) is 38.5 Å². The lowest BCUT2D eigenvalue weighted by Gasteiger charge is -2.28. The highest BCUT2D eigenvalue weighted by Gasteiger charge is 2.49. The number of carbonyl (C=O) groups is 1. The molecule has 0 saturated carbocycles. The Balaban J connectivity index is 1.68. The van der Waals surface area contributed by atoms with Crippen LogP contribution in [0.1, 0.15) is 25.0 Å². The summed E-state index contributed by atoms with van der Waals surface area (Å²) in [6, 6.07) is 13.2. The molecule has 0 N–H and O–H groups in total. The van der Waals surface area contributed by atoms with E-state index in [4.69, 9.17) is 11.6 Å². The standard InChI is InChI=1S/C24H28ClN3O3S2/c1-4-27(5-2)18-10-11-20(16(3)12-18)28-21-14-33(30,31)15-22(21)32-24(28)26-23(29)13-17-8-6-7-9-19(17)25/h6-12,21-22H,4-5,13-15H2,1-3H3. The van der Waals surface area contributed by atoms with Crippen molar-refractivity contribution in [1.29, 1.82) is 0 Å². The van der Waals surface area contributed by atoms with Crippen LogP contribution in [0.25, 0.3) is 0 Å². The van der Waals surface area contributed by atoms with Crippen LogP contribution >= 0.6 is 23.4 Å². The van der Waals surface area contributed by atoms with Crippen molar-refractivity contribution in [1.82, 2.24) is 0 Å².